The minimum absolute atomic E-state index is 0.0495. The van der Waals surface area contributed by atoms with Gasteiger partial charge in [-0.25, -0.2) is 9.59 Å². The van der Waals surface area contributed by atoms with E-state index in [1.807, 2.05) is 0 Å². The van der Waals surface area contributed by atoms with Crippen molar-refractivity contribution in [2.75, 3.05) is 7.11 Å². The lowest BCUT2D eigenvalue weighted by molar-refractivity contribution is 0.0600. The molecule has 1 aliphatic rings. The average molecular weight is 416 g/mol. The van der Waals surface area contributed by atoms with E-state index in [0.29, 0.717) is 16.9 Å². The number of hydrogen-bond donors (Lipinski definition) is 1. The Balaban J connectivity index is 1.69. The van der Waals surface area contributed by atoms with E-state index in [1.54, 1.807) is 42.5 Å². The number of fused-ring (bicyclic) bond motifs is 1. The molecule has 0 fully saturated rings. The van der Waals surface area contributed by atoms with Crippen LogP contribution in [-0.2, 0) is 4.74 Å². The smallest absolute Gasteiger partial charge is 0.379 e. The predicted molar refractivity (Wildman–Crippen MR) is 107 cm³/mol. The summed E-state index contributed by atoms with van der Waals surface area (Å²) in [6.45, 7) is 0. The Morgan fingerprint density at radius 2 is 1.87 bits per heavy atom. The third kappa shape index (κ3) is 3.72. The summed E-state index contributed by atoms with van der Waals surface area (Å²) in [5.41, 5.74) is 8.01. The summed E-state index contributed by atoms with van der Waals surface area (Å²) in [6.07, 6.45) is 1.37. The fourth-order valence-electron chi connectivity index (χ4n) is 3.32. The van der Waals surface area contributed by atoms with Crippen LogP contribution in [0.2, 0.25) is 0 Å². The van der Waals surface area contributed by atoms with Crippen molar-refractivity contribution >= 4 is 11.9 Å². The second-order valence-electron chi connectivity index (χ2n) is 6.60. The molecule has 0 radical (unpaired) electrons. The number of nitrogens with zero attached hydrogens (tertiary/aromatic N) is 1. The molecule has 8 nitrogen and oxygen atoms in total. The molecular weight excluding hydrogens is 400 g/mol. The summed E-state index contributed by atoms with van der Waals surface area (Å²) in [7, 11) is 1.30. The van der Waals surface area contributed by atoms with Crippen LogP contribution in [0.3, 0.4) is 0 Å². The summed E-state index contributed by atoms with van der Waals surface area (Å²) in [5.74, 6) is -1.04. The summed E-state index contributed by atoms with van der Waals surface area (Å²) in [6, 6.07) is 16.7. The van der Waals surface area contributed by atoms with Gasteiger partial charge in [0, 0.05) is 11.6 Å². The van der Waals surface area contributed by atoms with Crippen molar-refractivity contribution in [1.82, 2.24) is 0 Å². The Bertz CT molecular complexity index is 1220. The Morgan fingerprint density at radius 3 is 2.52 bits per heavy atom. The lowest BCUT2D eigenvalue weighted by Crippen LogP contribution is -2.21. The molecule has 154 valence electrons. The highest BCUT2D eigenvalue weighted by Gasteiger charge is 2.31. The average Bonchev–Trinajstić information content (AvgIpc) is 3.33. The number of esters is 2. The number of nitriles is 1. The Morgan fingerprint density at radius 1 is 1.10 bits per heavy atom. The largest absolute Gasteiger partial charge is 0.465 e. The molecule has 3 aromatic rings. The molecule has 1 atom stereocenters. The van der Waals surface area contributed by atoms with Crippen molar-refractivity contribution in [3.8, 4) is 17.6 Å². The molecule has 0 saturated carbocycles. The lowest BCUT2D eigenvalue weighted by Gasteiger charge is -2.26. The first-order chi connectivity index (χ1) is 15.0. The number of methoxy groups -OCH3 is 1. The highest BCUT2D eigenvalue weighted by atomic mass is 16.5. The fraction of sp³-hybridized carbons (Fsp3) is 0.0870. The van der Waals surface area contributed by atoms with Gasteiger partial charge >= 0.3 is 11.9 Å². The topological polar surface area (TPSA) is 125 Å². The van der Waals surface area contributed by atoms with Gasteiger partial charge in [0.05, 0.1) is 24.9 Å². The first kappa shape index (κ1) is 19.8. The van der Waals surface area contributed by atoms with E-state index in [1.165, 1.54) is 25.5 Å². The van der Waals surface area contributed by atoms with E-state index >= 15 is 0 Å². The van der Waals surface area contributed by atoms with Crippen LogP contribution in [0.15, 0.2) is 76.7 Å². The van der Waals surface area contributed by atoms with E-state index in [9.17, 15) is 14.9 Å². The Hall–Kier alpha value is -4.51. The fourth-order valence-corrected chi connectivity index (χ4v) is 3.32. The molecule has 2 aromatic carbocycles. The molecule has 0 saturated heterocycles. The normalized spacial score (nSPS) is 14.8. The molecule has 1 unspecified atom stereocenters. The second kappa shape index (κ2) is 8.08. The zero-order valence-corrected chi connectivity index (χ0v) is 16.3. The van der Waals surface area contributed by atoms with Gasteiger partial charge in [0.25, 0.3) is 0 Å². The van der Waals surface area contributed by atoms with Gasteiger partial charge < -0.3 is 24.4 Å². The van der Waals surface area contributed by atoms with Crippen LogP contribution in [0, 0.1) is 11.3 Å². The zero-order valence-electron chi connectivity index (χ0n) is 16.3. The number of allylic oxidation sites excluding steroid dienone is 1. The zero-order chi connectivity index (χ0) is 22.0. The molecule has 8 heteroatoms. The summed E-state index contributed by atoms with van der Waals surface area (Å²) >= 11 is 0. The number of ether oxygens (including phenoxy) is 3. The number of carbonyl (C=O) groups is 2. The van der Waals surface area contributed by atoms with Crippen molar-refractivity contribution in [3.63, 3.8) is 0 Å². The molecule has 2 heterocycles. The molecule has 4 rings (SSSR count). The second-order valence-corrected chi connectivity index (χ2v) is 6.60. The standard InChI is InChI=1S/C23H16N2O6/c1-28-22(26)14-6-4-13(5-7-14)20-16-9-8-15(30-23(27)18-3-2-10-29-18)11-19(16)31-21(25)17(20)12-24/h2-11,20H,25H2,1H3. The van der Waals surface area contributed by atoms with Gasteiger partial charge in [-0.2, -0.15) is 5.26 Å². The van der Waals surface area contributed by atoms with Gasteiger partial charge in [0.2, 0.25) is 11.6 Å². The van der Waals surface area contributed by atoms with Crippen molar-refractivity contribution < 1.29 is 28.2 Å². The number of benzene rings is 2. The third-order valence-corrected chi connectivity index (χ3v) is 4.79. The third-order valence-electron chi connectivity index (χ3n) is 4.79. The molecule has 0 amide bonds. The maximum absolute atomic E-state index is 12.1. The molecule has 1 aliphatic heterocycles. The molecule has 0 bridgehead atoms. The van der Waals surface area contributed by atoms with Crippen LogP contribution in [0.5, 0.6) is 11.5 Å². The van der Waals surface area contributed by atoms with Gasteiger partial charge in [-0.3, -0.25) is 0 Å². The number of furan rings is 1. The molecule has 31 heavy (non-hydrogen) atoms. The molecule has 1 aromatic heterocycles. The predicted octanol–water partition coefficient (Wildman–Crippen LogP) is 3.50. The summed E-state index contributed by atoms with van der Waals surface area (Å²) in [4.78, 5) is 23.8. The van der Waals surface area contributed by atoms with Crippen LogP contribution in [-0.4, -0.2) is 19.0 Å². The van der Waals surface area contributed by atoms with Crippen LogP contribution < -0.4 is 15.2 Å². The summed E-state index contributed by atoms with van der Waals surface area (Å²) in [5, 5.41) is 9.66. The van der Waals surface area contributed by atoms with E-state index in [2.05, 4.69) is 6.07 Å². The highest BCUT2D eigenvalue weighted by Crippen LogP contribution is 2.43. The van der Waals surface area contributed by atoms with Gasteiger partial charge in [-0.15, -0.1) is 0 Å². The van der Waals surface area contributed by atoms with E-state index in [4.69, 9.17) is 24.4 Å². The number of hydrogen-bond acceptors (Lipinski definition) is 8. The van der Waals surface area contributed by atoms with Crippen molar-refractivity contribution in [1.29, 1.82) is 5.26 Å². The minimum atomic E-state index is -0.656. The summed E-state index contributed by atoms with van der Waals surface area (Å²) < 4.78 is 20.7. The van der Waals surface area contributed by atoms with Crippen LogP contribution >= 0.6 is 0 Å². The van der Waals surface area contributed by atoms with E-state index < -0.39 is 17.9 Å². The maximum Gasteiger partial charge on any atom is 0.379 e. The van der Waals surface area contributed by atoms with Crippen molar-refractivity contribution in [2.24, 2.45) is 5.73 Å². The molecule has 0 spiro atoms. The quantitative estimate of drug-likeness (QED) is 0.506. The van der Waals surface area contributed by atoms with Crippen LogP contribution in [0.25, 0.3) is 0 Å². The monoisotopic (exact) mass is 416 g/mol. The Labute approximate surface area is 177 Å². The van der Waals surface area contributed by atoms with Gasteiger partial charge in [0.1, 0.15) is 23.1 Å². The van der Waals surface area contributed by atoms with Crippen molar-refractivity contribution in [2.45, 2.75) is 5.92 Å². The first-order valence-electron chi connectivity index (χ1n) is 9.17. The minimum Gasteiger partial charge on any atom is -0.465 e. The maximum atomic E-state index is 12.1. The van der Waals surface area contributed by atoms with Gasteiger partial charge in [-0.05, 0) is 35.9 Å². The first-order valence-corrected chi connectivity index (χ1v) is 9.17. The Kier molecular flexibility index (Phi) is 5.16. The van der Waals surface area contributed by atoms with Crippen LogP contribution in [0.1, 0.15) is 38.0 Å². The molecular formula is C23H16N2O6. The van der Waals surface area contributed by atoms with Crippen LogP contribution in [0.4, 0.5) is 0 Å². The number of carbonyl (C=O) groups excluding carboxylic acids is 2. The lowest BCUT2D eigenvalue weighted by atomic mass is 9.83. The highest BCUT2D eigenvalue weighted by molar-refractivity contribution is 5.89. The van der Waals surface area contributed by atoms with Gasteiger partial charge in [-0.1, -0.05) is 18.2 Å². The molecule has 2 N–H and O–H groups in total. The van der Waals surface area contributed by atoms with Gasteiger partial charge in [0.15, 0.2) is 0 Å². The number of rotatable bonds is 4. The van der Waals surface area contributed by atoms with E-state index in [-0.39, 0.29) is 23.0 Å². The number of nitrogens with two attached hydrogens (primary N) is 1. The van der Waals surface area contributed by atoms with Crippen molar-refractivity contribution in [3.05, 3.63) is 94.8 Å². The SMILES string of the molecule is COC(=O)c1ccc(C2C(C#N)=C(N)Oc3cc(OC(=O)c4ccco4)ccc32)cc1. The molecule has 0 aliphatic carbocycles. The van der Waals surface area contributed by atoms with E-state index in [0.717, 1.165) is 5.56 Å².